The van der Waals surface area contributed by atoms with Crippen LogP contribution in [0.2, 0.25) is 0 Å². The molecule has 0 spiro atoms. The maximum absolute atomic E-state index is 13.5. The van der Waals surface area contributed by atoms with Gasteiger partial charge in [-0.15, -0.1) is 0 Å². The van der Waals surface area contributed by atoms with E-state index in [2.05, 4.69) is 25.1 Å². The van der Waals surface area contributed by atoms with Gasteiger partial charge in [0.05, 0.1) is 0 Å². The number of rotatable bonds is 3. The molecule has 0 aliphatic rings. The third-order valence-corrected chi connectivity index (χ3v) is 3.32. The first-order valence-electron chi connectivity index (χ1n) is 6.59. The molecule has 3 aromatic carbocycles. The lowest BCUT2D eigenvalue weighted by atomic mass is 10.1. The summed E-state index contributed by atoms with van der Waals surface area (Å²) in [5.74, 6) is 0.522. The fourth-order valence-electron chi connectivity index (χ4n) is 2.21. The van der Waals surface area contributed by atoms with Gasteiger partial charge in [0.15, 0.2) is 0 Å². The Morgan fingerprint density at radius 3 is 2.50 bits per heavy atom. The summed E-state index contributed by atoms with van der Waals surface area (Å²) in [4.78, 5) is 0. The molecule has 0 aliphatic carbocycles. The van der Waals surface area contributed by atoms with Gasteiger partial charge in [0.2, 0.25) is 0 Å². The molecule has 1 nitrogen and oxygen atoms in total. The molecule has 0 amide bonds. The number of ether oxygens (including phenoxy) is 1. The van der Waals surface area contributed by atoms with Crippen molar-refractivity contribution in [2.24, 2.45) is 0 Å². The Kier molecular flexibility index (Phi) is 3.38. The van der Waals surface area contributed by atoms with Crippen LogP contribution in [0.5, 0.6) is 5.75 Å². The average Bonchev–Trinajstić information content (AvgIpc) is 2.46. The van der Waals surface area contributed by atoms with Crippen LogP contribution in [-0.2, 0) is 6.61 Å². The Morgan fingerprint density at radius 1 is 0.900 bits per heavy atom. The zero-order chi connectivity index (χ0) is 13.9. The molecule has 0 aliphatic heterocycles. The minimum Gasteiger partial charge on any atom is -0.489 e. The summed E-state index contributed by atoms with van der Waals surface area (Å²) < 4.78 is 19.2. The van der Waals surface area contributed by atoms with Crippen molar-refractivity contribution in [1.82, 2.24) is 0 Å². The zero-order valence-electron chi connectivity index (χ0n) is 11.3. The number of benzene rings is 3. The second kappa shape index (κ2) is 5.33. The van der Waals surface area contributed by atoms with Crippen LogP contribution in [0.1, 0.15) is 11.1 Å². The molecule has 3 rings (SSSR count). The molecule has 0 saturated heterocycles. The second-order valence-corrected chi connectivity index (χ2v) is 4.89. The van der Waals surface area contributed by atoms with Crippen molar-refractivity contribution >= 4 is 10.8 Å². The minimum atomic E-state index is -0.232. The van der Waals surface area contributed by atoms with Crippen molar-refractivity contribution in [3.05, 3.63) is 77.6 Å². The Hall–Kier alpha value is -2.35. The van der Waals surface area contributed by atoms with E-state index < -0.39 is 0 Å². The lowest BCUT2D eigenvalue weighted by molar-refractivity contribution is 0.300. The smallest absolute Gasteiger partial charge is 0.129 e. The van der Waals surface area contributed by atoms with E-state index in [4.69, 9.17) is 4.74 Å². The first-order valence-corrected chi connectivity index (χ1v) is 6.59. The predicted molar refractivity (Wildman–Crippen MR) is 79.4 cm³/mol. The molecule has 0 atom stereocenters. The maximum Gasteiger partial charge on any atom is 0.129 e. The van der Waals surface area contributed by atoms with E-state index in [1.165, 1.54) is 17.0 Å². The summed E-state index contributed by atoms with van der Waals surface area (Å²) >= 11 is 0. The molecule has 0 unspecified atom stereocenters. The quantitative estimate of drug-likeness (QED) is 0.657. The Balaban J connectivity index is 1.81. The molecule has 0 aromatic heterocycles. The highest BCUT2D eigenvalue weighted by atomic mass is 19.1. The van der Waals surface area contributed by atoms with Crippen molar-refractivity contribution in [3.63, 3.8) is 0 Å². The number of fused-ring (bicyclic) bond motifs is 1. The largest absolute Gasteiger partial charge is 0.489 e. The van der Waals surface area contributed by atoms with Gasteiger partial charge in [0.1, 0.15) is 18.2 Å². The molecule has 0 N–H and O–H groups in total. The fourth-order valence-corrected chi connectivity index (χ4v) is 2.21. The van der Waals surface area contributed by atoms with Crippen molar-refractivity contribution < 1.29 is 9.13 Å². The van der Waals surface area contributed by atoms with E-state index in [0.29, 0.717) is 5.56 Å². The van der Waals surface area contributed by atoms with Crippen molar-refractivity contribution in [2.45, 2.75) is 13.5 Å². The molecule has 100 valence electrons. The summed E-state index contributed by atoms with van der Waals surface area (Å²) in [5, 5.41) is 2.31. The summed E-state index contributed by atoms with van der Waals surface area (Å²) in [6.07, 6.45) is 0. The summed E-state index contributed by atoms with van der Waals surface area (Å²) in [5.41, 5.74) is 1.80. The normalized spacial score (nSPS) is 10.7. The number of halogens is 1. The first-order chi connectivity index (χ1) is 9.72. The molecular formula is C18H15FO. The molecule has 0 heterocycles. The van der Waals surface area contributed by atoms with Crippen molar-refractivity contribution in [3.8, 4) is 5.75 Å². The van der Waals surface area contributed by atoms with E-state index in [1.54, 1.807) is 12.1 Å². The van der Waals surface area contributed by atoms with Gasteiger partial charge < -0.3 is 4.74 Å². The molecule has 0 bridgehead atoms. The van der Waals surface area contributed by atoms with Gasteiger partial charge in [-0.05, 0) is 35.9 Å². The molecule has 20 heavy (non-hydrogen) atoms. The van der Waals surface area contributed by atoms with Gasteiger partial charge >= 0.3 is 0 Å². The third kappa shape index (κ3) is 2.64. The van der Waals surface area contributed by atoms with Gasteiger partial charge in [0.25, 0.3) is 0 Å². The standard InChI is InChI=1S/C18H15FO/c1-13-6-7-15-11-17(9-8-14(15)10-13)20-12-16-4-2-3-5-18(16)19/h2-11H,12H2,1H3. The predicted octanol–water partition coefficient (Wildman–Crippen LogP) is 4.87. The van der Waals surface area contributed by atoms with Crippen LogP contribution < -0.4 is 4.74 Å². The molecule has 2 heteroatoms. The monoisotopic (exact) mass is 266 g/mol. The molecule has 0 fully saturated rings. The van der Waals surface area contributed by atoms with Gasteiger partial charge in [0, 0.05) is 5.56 Å². The maximum atomic E-state index is 13.5. The number of hydrogen-bond acceptors (Lipinski definition) is 1. The van der Waals surface area contributed by atoms with Crippen LogP contribution in [0.3, 0.4) is 0 Å². The highest BCUT2D eigenvalue weighted by Crippen LogP contribution is 2.23. The highest BCUT2D eigenvalue weighted by Gasteiger charge is 2.02. The van der Waals surface area contributed by atoms with Crippen LogP contribution in [0, 0.1) is 12.7 Å². The summed E-state index contributed by atoms with van der Waals surface area (Å²) in [6.45, 7) is 2.31. The van der Waals surface area contributed by atoms with Gasteiger partial charge in [-0.25, -0.2) is 4.39 Å². The minimum absolute atomic E-state index is 0.232. The van der Waals surface area contributed by atoms with Crippen LogP contribution in [0.4, 0.5) is 4.39 Å². The highest BCUT2D eigenvalue weighted by molar-refractivity contribution is 5.84. The fraction of sp³-hybridized carbons (Fsp3) is 0.111. The Bertz CT molecular complexity index is 749. The summed E-state index contributed by atoms with van der Waals surface area (Å²) in [6, 6.07) is 18.9. The molecule has 0 saturated carbocycles. The second-order valence-electron chi connectivity index (χ2n) is 4.89. The Morgan fingerprint density at radius 2 is 1.65 bits per heavy atom. The van der Waals surface area contributed by atoms with Crippen LogP contribution in [-0.4, -0.2) is 0 Å². The van der Waals surface area contributed by atoms with E-state index in [9.17, 15) is 4.39 Å². The van der Waals surface area contributed by atoms with Crippen LogP contribution >= 0.6 is 0 Å². The SMILES string of the molecule is Cc1ccc2cc(OCc3ccccc3F)ccc2c1. The third-order valence-electron chi connectivity index (χ3n) is 3.32. The van der Waals surface area contributed by atoms with Gasteiger partial charge in [-0.2, -0.15) is 0 Å². The lowest BCUT2D eigenvalue weighted by Crippen LogP contribution is -1.98. The zero-order valence-corrected chi connectivity index (χ0v) is 11.3. The number of aryl methyl sites for hydroxylation is 1. The van der Waals surface area contributed by atoms with Crippen LogP contribution in [0.15, 0.2) is 60.7 Å². The summed E-state index contributed by atoms with van der Waals surface area (Å²) in [7, 11) is 0. The van der Waals surface area contributed by atoms with E-state index in [-0.39, 0.29) is 12.4 Å². The van der Waals surface area contributed by atoms with Gasteiger partial charge in [-0.3, -0.25) is 0 Å². The molecule has 0 radical (unpaired) electrons. The van der Waals surface area contributed by atoms with Crippen molar-refractivity contribution in [1.29, 1.82) is 0 Å². The van der Waals surface area contributed by atoms with Crippen molar-refractivity contribution in [2.75, 3.05) is 0 Å². The lowest BCUT2D eigenvalue weighted by Gasteiger charge is -2.08. The Labute approximate surface area is 117 Å². The van der Waals surface area contributed by atoms with Crippen LogP contribution in [0.25, 0.3) is 10.8 Å². The topological polar surface area (TPSA) is 9.23 Å². The van der Waals surface area contributed by atoms with E-state index >= 15 is 0 Å². The van der Waals surface area contributed by atoms with E-state index in [0.717, 1.165) is 11.1 Å². The average molecular weight is 266 g/mol. The van der Waals surface area contributed by atoms with E-state index in [1.807, 2.05) is 24.3 Å². The first kappa shape index (κ1) is 12.7. The molecular weight excluding hydrogens is 251 g/mol. The van der Waals surface area contributed by atoms with Gasteiger partial charge in [-0.1, -0.05) is 48.0 Å². The number of hydrogen-bond donors (Lipinski definition) is 0. The molecule has 3 aromatic rings.